The van der Waals surface area contributed by atoms with Gasteiger partial charge >= 0.3 is 0 Å². The normalized spacial score (nSPS) is 10.6. The second kappa shape index (κ2) is 3.59. The second-order valence-corrected chi connectivity index (χ2v) is 4.31. The van der Waals surface area contributed by atoms with Crippen LogP contribution in [0.25, 0.3) is 10.1 Å². The van der Waals surface area contributed by atoms with Gasteiger partial charge in [0, 0.05) is 15.0 Å². The quantitative estimate of drug-likeness (QED) is 0.631. The third-order valence-electron chi connectivity index (χ3n) is 2.01. The van der Waals surface area contributed by atoms with Crippen LogP contribution in [0.1, 0.15) is 15.2 Å². The van der Waals surface area contributed by atoms with Crippen molar-refractivity contribution in [3.8, 4) is 5.75 Å². The number of carbonyl (C=O) groups excluding carboxylic acids is 1. The molecule has 2 nitrogen and oxygen atoms in total. The van der Waals surface area contributed by atoms with Gasteiger partial charge in [-0.05, 0) is 18.2 Å². The molecule has 2 aromatic rings. The Morgan fingerprint density at radius 1 is 1.50 bits per heavy atom. The Hall–Kier alpha value is -1.06. The molecule has 72 valence electrons. The fourth-order valence-corrected chi connectivity index (χ4v) is 2.48. The lowest BCUT2D eigenvalue weighted by Crippen LogP contribution is -1.79. The number of fused-ring (bicyclic) bond motifs is 1. The van der Waals surface area contributed by atoms with E-state index in [2.05, 4.69) is 0 Å². The third kappa shape index (κ3) is 1.38. The number of carbonyl (C=O) groups is 1. The monoisotopic (exact) mass is 226 g/mol. The van der Waals surface area contributed by atoms with Crippen molar-refractivity contribution in [1.29, 1.82) is 0 Å². The molecular weight excluding hydrogens is 220 g/mol. The van der Waals surface area contributed by atoms with E-state index in [1.165, 1.54) is 11.3 Å². The molecule has 0 bridgehead atoms. The van der Waals surface area contributed by atoms with Crippen LogP contribution in [0.15, 0.2) is 18.2 Å². The fraction of sp³-hybridized carbons (Fsp3) is 0.100. The van der Waals surface area contributed by atoms with Gasteiger partial charge in [0.25, 0.3) is 0 Å². The van der Waals surface area contributed by atoms with Gasteiger partial charge in [-0.15, -0.1) is 22.9 Å². The van der Waals surface area contributed by atoms with E-state index >= 15 is 0 Å². The summed E-state index contributed by atoms with van der Waals surface area (Å²) in [6, 6.07) is 5.24. The first-order valence-corrected chi connectivity index (χ1v) is 5.37. The van der Waals surface area contributed by atoms with Gasteiger partial charge in [0.05, 0.1) is 11.4 Å². The van der Waals surface area contributed by atoms with E-state index in [9.17, 15) is 9.90 Å². The highest BCUT2D eigenvalue weighted by molar-refractivity contribution is 7.19. The van der Waals surface area contributed by atoms with E-state index < -0.39 is 0 Å². The topological polar surface area (TPSA) is 37.3 Å². The van der Waals surface area contributed by atoms with Crippen molar-refractivity contribution in [3.05, 3.63) is 28.6 Å². The zero-order chi connectivity index (χ0) is 10.1. The SMILES string of the molecule is O=Cc1ccc2sc(CCl)cc2c1O. The first kappa shape index (κ1) is 9.49. The molecule has 0 saturated carbocycles. The molecule has 1 aromatic heterocycles. The molecule has 0 spiro atoms. The number of thiophene rings is 1. The molecule has 14 heavy (non-hydrogen) atoms. The van der Waals surface area contributed by atoms with E-state index in [1.807, 2.05) is 12.1 Å². The predicted octanol–water partition coefficient (Wildman–Crippen LogP) is 3.16. The largest absolute Gasteiger partial charge is 0.507 e. The Morgan fingerprint density at radius 3 is 2.93 bits per heavy atom. The molecule has 2 rings (SSSR count). The molecule has 0 unspecified atom stereocenters. The third-order valence-corrected chi connectivity index (χ3v) is 3.56. The number of alkyl halides is 1. The Morgan fingerprint density at radius 2 is 2.29 bits per heavy atom. The van der Waals surface area contributed by atoms with Crippen LogP contribution in [0, 0.1) is 0 Å². The number of hydrogen-bond acceptors (Lipinski definition) is 3. The molecule has 0 amide bonds. The molecule has 0 aliphatic heterocycles. The minimum absolute atomic E-state index is 0.0464. The summed E-state index contributed by atoms with van der Waals surface area (Å²) >= 11 is 7.21. The number of benzene rings is 1. The van der Waals surface area contributed by atoms with Crippen molar-refractivity contribution in [2.45, 2.75) is 5.88 Å². The number of phenolic OH excluding ortho intramolecular Hbond substituents is 1. The van der Waals surface area contributed by atoms with Crippen molar-refractivity contribution in [3.63, 3.8) is 0 Å². The minimum atomic E-state index is 0.0464. The predicted molar refractivity (Wildman–Crippen MR) is 58.4 cm³/mol. The number of hydrogen-bond donors (Lipinski definition) is 1. The van der Waals surface area contributed by atoms with Crippen LogP contribution in [0.2, 0.25) is 0 Å². The van der Waals surface area contributed by atoms with E-state index in [4.69, 9.17) is 11.6 Å². The summed E-state index contributed by atoms with van der Waals surface area (Å²) in [5, 5.41) is 10.4. The number of rotatable bonds is 2. The number of aromatic hydroxyl groups is 1. The van der Waals surface area contributed by atoms with E-state index in [-0.39, 0.29) is 5.75 Å². The lowest BCUT2D eigenvalue weighted by Gasteiger charge is -1.97. The Bertz CT molecular complexity index is 490. The summed E-state index contributed by atoms with van der Waals surface area (Å²) in [5.74, 6) is 0.472. The molecule has 1 aromatic carbocycles. The van der Waals surface area contributed by atoms with Gasteiger partial charge in [-0.25, -0.2) is 0 Å². The molecule has 0 radical (unpaired) electrons. The highest BCUT2D eigenvalue weighted by Gasteiger charge is 2.08. The lowest BCUT2D eigenvalue weighted by atomic mass is 10.1. The summed E-state index contributed by atoms with van der Waals surface area (Å²) in [6.45, 7) is 0. The lowest BCUT2D eigenvalue weighted by molar-refractivity contribution is 0.112. The van der Waals surface area contributed by atoms with Gasteiger partial charge in [0.1, 0.15) is 5.75 Å². The zero-order valence-corrected chi connectivity index (χ0v) is 8.73. The van der Waals surface area contributed by atoms with Crippen LogP contribution in [-0.2, 0) is 5.88 Å². The molecule has 0 atom stereocenters. The summed E-state index contributed by atoms with van der Waals surface area (Å²) in [6.07, 6.45) is 0.646. The Labute approximate surface area is 89.7 Å². The Kier molecular flexibility index (Phi) is 2.44. The number of aldehydes is 1. The van der Waals surface area contributed by atoms with E-state index in [1.54, 1.807) is 6.07 Å². The maximum atomic E-state index is 10.6. The summed E-state index contributed by atoms with van der Waals surface area (Å²) in [7, 11) is 0. The van der Waals surface area contributed by atoms with E-state index in [0.717, 1.165) is 9.58 Å². The zero-order valence-electron chi connectivity index (χ0n) is 7.16. The van der Waals surface area contributed by atoms with Crippen LogP contribution in [0.3, 0.4) is 0 Å². The average molecular weight is 227 g/mol. The van der Waals surface area contributed by atoms with Gasteiger partial charge in [0.15, 0.2) is 6.29 Å². The van der Waals surface area contributed by atoms with Gasteiger partial charge in [-0.1, -0.05) is 0 Å². The molecule has 0 aliphatic carbocycles. The molecule has 1 N–H and O–H groups in total. The summed E-state index contributed by atoms with van der Waals surface area (Å²) < 4.78 is 0.948. The average Bonchev–Trinajstić information content (AvgIpc) is 2.62. The molecule has 0 aliphatic rings. The van der Waals surface area contributed by atoms with Crippen LogP contribution in [0.4, 0.5) is 0 Å². The van der Waals surface area contributed by atoms with Gasteiger partial charge in [-0.2, -0.15) is 0 Å². The molecule has 0 saturated heterocycles. The van der Waals surface area contributed by atoms with Crippen molar-refractivity contribution >= 4 is 39.3 Å². The minimum Gasteiger partial charge on any atom is -0.507 e. The second-order valence-electron chi connectivity index (χ2n) is 2.88. The van der Waals surface area contributed by atoms with Gasteiger partial charge < -0.3 is 5.11 Å². The number of halogens is 1. The van der Waals surface area contributed by atoms with E-state index in [0.29, 0.717) is 23.1 Å². The maximum Gasteiger partial charge on any atom is 0.153 e. The Balaban J connectivity index is 2.74. The summed E-state index contributed by atoms with van der Waals surface area (Å²) in [5.41, 5.74) is 0.316. The number of phenols is 1. The van der Waals surface area contributed by atoms with Crippen LogP contribution in [0.5, 0.6) is 5.75 Å². The van der Waals surface area contributed by atoms with Gasteiger partial charge in [0.2, 0.25) is 0 Å². The van der Waals surface area contributed by atoms with Crippen molar-refractivity contribution < 1.29 is 9.90 Å². The van der Waals surface area contributed by atoms with Crippen molar-refractivity contribution in [1.82, 2.24) is 0 Å². The maximum absolute atomic E-state index is 10.6. The standard InChI is InChI=1S/C10H7ClO2S/c11-4-7-3-8-9(14-7)2-1-6(5-12)10(8)13/h1-3,5,13H,4H2. The summed E-state index contributed by atoms with van der Waals surface area (Å²) in [4.78, 5) is 11.6. The van der Waals surface area contributed by atoms with Crippen molar-refractivity contribution in [2.24, 2.45) is 0 Å². The fourth-order valence-electron chi connectivity index (χ4n) is 1.33. The van der Waals surface area contributed by atoms with Crippen molar-refractivity contribution in [2.75, 3.05) is 0 Å². The first-order chi connectivity index (χ1) is 6.76. The first-order valence-electron chi connectivity index (χ1n) is 4.02. The highest BCUT2D eigenvalue weighted by atomic mass is 35.5. The molecule has 0 fully saturated rings. The van der Waals surface area contributed by atoms with Crippen LogP contribution < -0.4 is 0 Å². The molecule has 1 heterocycles. The highest BCUT2D eigenvalue weighted by Crippen LogP contribution is 2.34. The molecular formula is C10H7ClO2S. The smallest absolute Gasteiger partial charge is 0.153 e. The molecule has 4 heteroatoms. The van der Waals surface area contributed by atoms with Crippen LogP contribution >= 0.6 is 22.9 Å². The van der Waals surface area contributed by atoms with Crippen LogP contribution in [-0.4, -0.2) is 11.4 Å². The van der Waals surface area contributed by atoms with Gasteiger partial charge in [-0.3, -0.25) is 4.79 Å².